The highest BCUT2D eigenvalue weighted by Crippen LogP contribution is 2.28. The Bertz CT molecular complexity index is 633. The van der Waals surface area contributed by atoms with E-state index in [1.807, 2.05) is 55.6 Å². The molecule has 2 rings (SSSR count). The van der Waals surface area contributed by atoms with Crippen molar-refractivity contribution in [2.45, 2.75) is 19.1 Å². The Balaban J connectivity index is 1.88. The van der Waals surface area contributed by atoms with Crippen LogP contribution < -0.4 is 9.47 Å². The summed E-state index contributed by atoms with van der Waals surface area (Å²) < 4.78 is 12.1. The van der Waals surface area contributed by atoms with Crippen molar-refractivity contribution in [2.24, 2.45) is 0 Å². The number of para-hydroxylation sites is 1. The zero-order valence-corrected chi connectivity index (χ0v) is 15.9. The molecule has 0 heterocycles. The predicted octanol–water partition coefficient (Wildman–Crippen LogP) is 3.89. The molecule has 0 amide bonds. The molecular formula is C19H24BrNO3. The highest BCUT2D eigenvalue weighted by Gasteiger charge is 2.18. The summed E-state index contributed by atoms with van der Waals surface area (Å²) in [4.78, 5) is 2.09. The third kappa shape index (κ3) is 5.23. The molecule has 0 bridgehead atoms. The summed E-state index contributed by atoms with van der Waals surface area (Å²) in [7, 11) is 3.66. The van der Waals surface area contributed by atoms with Gasteiger partial charge in [0.05, 0.1) is 7.11 Å². The number of benzene rings is 2. The molecule has 0 aromatic heterocycles. The Kier molecular flexibility index (Phi) is 7.09. The minimum absolute atomic E-state index is 0.128. The van der Waals surface area contributed by atoms with Gasteiger partial charge in [0.2, 0.25) is 0 Å². The summed E-state index contributed by atoms with van der Waals surface area (Å²) in [5.41, 5.74) is 1.10. The average Bonchev–Trinajstić information content (AvgIpc) is 2.60. The number of rotatable bonds is 8. The zero-order valence-electron chi connectivity index (χ0n) is 14.3. The van der Waals surface area contributed by atoms with Gasteiger partial charge in [0.25, 0.3) is 0 Å². The fraction of sp³-hybridized carbons (Fsp3) is 0.368. The van der Waals surface area contributed by atoms with Crippen molar-refractivity contribution in [3.63, 3.8) is 0 Å². The molecule has 0 radical (unpaired) electrons. The van der Waals surface area contributed by atoms with E-state index >= 15 is 0 Å². The van der Waals surface area contributed by atoms with E-state index in [0.717, 1.165) is 21.5 Å². The van der Waals surface area contributed by atoms with E-state index in [0.29, 0.717) is 6.54 Å². The highest BCUT2D eigenvalue weighted by molar-refractivity contribution is 9.10. The lowest BCUT2D eigenvalue weighted by Crippen LogP contribution is -2.34. The lowest BCUT2D eigenvalue weighted by molar-refractivity contribution is 0.0650. The Morgan fingerprint density at radius 3 is 2.46 bits per heavy atom. The van der Waals surface area contributed by atoms with Crippen LogP contribution >= 0.6 is 15.9 Å². The van der Waals surface area contributed by atoms with Crippen LogP contribution in [-0.4, -0.2) is 43.4 Å². The molecule has 0 saturated heterocycles. The maximum Gasteiger partial charge on any atom is 0.123 e. The molecule has 0 fully saturated rings. The van der Waals surface area contributed by atoms with E-state index in [1.54, 1.807) is 7.11 Å². The van der Waals surface area contributed by atoms with Crippen LogP contribution in [0.4, 0.5) is 0 Å². The van der Waals surface area contributed by atoms with Crippen LogP contribution in [0.25, 0.3) is 0 Å². The highest BCUT2D eigenvalue weighted by atomic mass is 79.9. The van der Waals surface area contributed by atoms with Crippen LogP contribution in [0, 0.1) is 0 Å². The van der Waals surface area contributed by atoms with Gasteiger partial charge < -0.3 is 14.6 Å². The van der Waals surface area contributed by atoms with E-state index in [2.05, 4.69) is 27.8 Å². The first kappa shape index (κ1) is 18.8. The van der Waals surface area contributed by atoms with Crippen LogP contribution in [-0.2, 0) is 0 Å². The van der Waals surface area contributed by atoms with Gasteiger partial charge in [-0.1, -0.05) is 34.1 Å². The second-order valence-corrected chi connectivity index (χ2v) is 6.69. The topological polar surface area (TPSA) is 41.9 Å². The van der Waals surface area contributed by atoms with Gasteiger partial charge in [-0.05, 0) is 44.3 Å². The van der Waals surface area contributed by atoms with Crippen LogP contribution in [0.3, 0.4) is 0 Å². The van der Waals surface area contributed by atoms with Crippen molar-refractivity contribution in [1.82, 2.24) is 4.90 Å². The molecule has 0 spiro atoms. The zero-order chi connectivity index (χ0) is 17.5. The standard InChI is InChI=1S/C19H24BrNO3/c1-14(18-6-4-5-7-19(18)23-3)21(2)12-16(22)13-24-17-10-8-15(20)9-11-17/h4-11,14,16,22H,12-13H2,1-3H3/t14-,16+/m1/s1. The maximum atomic E-state index is 10.3. The second kappa shape index (κ2) is 9.06. The quantitative estimate of drug-likeness (QED) is 0.738. The molecule has 0 aliphatic carbocycles. The number of hydrogen-bond acceptors (Lipinski definition) is 4. The second-order valence-electron chi connectivity index (χ2n) is 5.78. The Morgan fingerprint density at radius 2 is 1.79 bits per heavy atom. The lowest BCUT2D eigenvalue weighted by Gasteiger charge is -2.28. The predicted molar refractivity (Wildman–Crippen MR) is 99.7 cm³/mol. The first-order chi connectivity index (χ1) is 11.5. The first-order valence-corrected chi connectivity index (χ1v) is 8.70. The molecule has 5 heteroatoms. The molecule has 130 valence electrons. The monoisotopic (exact) mass is 393 g/mol. The number of ether oxygens (including phenoxy) is 2. The number of halogens is 1. The van der Waals surface area contributed by atoms with E-state index in [9.17, 15) is 5.11 Å². The number of aliphatic hydroxyl groups is 1. The van der Waals surface area contributed by atoms with E-state index in [1.165, 1.54) is 0 Å². The Labute approximate surface area is 152 Å². The van der Waals surface area contributed by atoms with Crippen molar-refractivity contribution in [3.8, 4) is 11.5 Å². The third-order valence-corrected chi connectivity index (χ3v) is 4.53. The molecule has 0 aliphatic rings. The molecule has 2 aromatic carbocycles. The van der Waals surface area contributed by atoms with Gasteiger partial charge in [-0.15, -0.1) is 0 Å². The largest absolute Gasteiger partial charge is 0.496 e. The average molecular weight is 394 g/mol. The number of aliphatic hydroxyl groups excluding tert-OH is 1. The summed E-state index contributed by atoms with van der Waals surface area (Å²) in [6.45, 7) is 2.86. The fourth-order valence-corrected chi connectivity index (χ4v) is 2.78. The summed E-state index contributed by atoms with van der Waals surface area (Å²) in [6, 6.07) is 15.6. The number of hydrogen-bond donors (Lipinski definition) is 1. The molecule has 24 heavy (non-hydrogen) atoms. The van der Waals surface area contributed by atoms with E-state index < -0.39 is 6.10 Å². The minimum atomic E-state index is -0.573. The molecule has 0 saturated carbocycles. The third-order valence-electron chi connectivity index (χ3n) is 4.00. The fourth-order valence-electron chi connectivity index (χ4n) is 2.52. The van der Waals surface area contributed by atoms with Crippen molar-refractivity contribution < 1.29 is 14.6 Å². The van der Waals surface area contributed by atoms with Crippen LogP contribution in [0.2, 0.25) is 0 Å². The van der Waals surface area contributed by atoms with Crippen molar-refractivity contribution in [2.75, 3.05) is 27.3 Å². The summed E-state index contributed by atoms with van der Waals surface area (Å²) in [6.07, 6.45) is -0.573. The van der Waals surface area contributed by atoms with E-state index in [4.69, 9.17) is 9.47 Å². The Morgan fingerprint density at radius 1 is 1.12 bits per heavy atom. The lowest BCUT2D eigenvalue weighted by atomic mass is 10.1. The van der Waals surface area contributed by atoms with Crippen molar-refractivity contribution >= 4 is 15.9 Å². The van der Waals surface area contributed by atoms with Crippen molar-refractivity contribution in [3.05, 3.63) is 58.6 Å². The number of nitrogens with zero attached hydrogens (tertiary/aromatic N) is 1. The Hall–Kier alpha value is -1.56. The normalized spacial score (nSPS) is 13.6. The molecule has 1 N–H and O–H groups in total. The first-order valence-electron chi connectivity index (χ1n) is 7.91. The van der Waals surface area contributed by atoms with Gasteiger partial charge in [-0.2, -0.15) is 0 Å². The molecule has 2 aromatic rings. The van der Waals surface area contributed by atoms with Gasteiger partial charge in [-0.3, -0.25) is 4.90 Å². The van der Waals surface area contributed by atoms with Gasteiger partial charge >= 0.3 is 0 Å². The van der Waals surface area contributed by atoms with Crippen LogP contribution in [0.1, 0.15) is 18.5 Å². The molecule has 2 atom stereocenters. The number of likely N-dealkylation sites (N-methyl/N-ethyl adjacent to an activating group) is 1. The molecule has 0 unspecified atom stereocenters. The molecule has 0 aliphatic heterocycles. The summed E-state index contributed by atoms with van der Waals surface area (Å²) >= 11 is 3.39. The minimum Gasteiger partial charge on any atom is -0.496 e. The summed E-state index contributed by atoms with van der Waals surface area (Å²) in [5.74, 6) is 1.61. The van der Waals surface area contributed by atoms with Gasteiger partial charge in [0, 0.05) is 22.6 Å². The maximum absolute atomic E-state index is 10.3. The van der Waals surface area contributed by atoms with Gasteiger partial charge in [0.15, 0.2) is 0 Å². The SMILES string of the molecule is COc1ccccc1[C@@H](C)N(C)C[C@H](O)COc1ccc(Br)cc1. The van der Waals surface area contributed by atoms with Crippen molar-refractivity contribution in [1.29, 1.82) is 0 Å². The molecular weight excluding hydrogens is 370 g/mol. The smallest absolute Gasteiger partial charge is 0.123 e. The van der Waals surface area contributed by atoms with Gasteiger partial charge in [0.1, 0.15) is 24.2 Å². The van der Waals surface area contributed by atoms with Crippen LogP contribution in [0.15, 0.2) is 53.0 Å². The van der Waals surface area contributed by atoms with Crippen LogP contribution in [0.5, 0.6) is 11.5 Å². The molecule has 4 nitrogen and oxygen atoms in total. The number of methoxy groups -OCH3 is 1. The van der Waals surface area contributed by atoms with Gasteiger partial charge in [-0.25, -0.2) is 0 Å². The summed E-state index contributed by atoms with van der Waals surface area (Å²) in [5, 5.41) is 10.3. The van der Waals surface area contributed by atoms with E-state index in [-0.39, 0.29) is 12.6 Å².